The third kappa shape index (κ3) is 5.09. The zero-order valence-electron chi connectivity index (χ0n) is 20.7. The van der Waals surface area contributed by atoms with Gasteiger partial charge in [-0.2, -0.15) is 5.10 Å². The molecule has 4 aromatic rings. The van der Waals surface area contributed by atoms with Gasteiger partial charge in [0.05, 0.1) is 30.4 Å². The number of rotatable bonds is 7. The standard InChI is InChI=1S/C28H26F2N4O2S/c1-17(2)14-33-25-11-10-18(13-23(25)31-27(33)19-6-4-8-21(12-19)36-3)24-16-37-28(35)34(32-24)15-20-7-5-9-22(29)26(20)30/h4-13,17H,14-16H2,1-3H3. The minimum absolute atomic E-state index is 0.0739. The van der Waals surface area contributed by atoms with Gasteiger partial charge in [-0.3, -0.25) is 4.79 Å². The Hall–Kier alpha value is -3.72. The molecule has 2 heterocycles. The first-order valence-electron chi connectivity index (χ1n) is 11.9. The van der Waals surface area contributed by atoms with Gasteiger partial charge in [0.2, 0.25) is 0 Å². The summed E-state index contributed by atoms with van der Waals surface area (Å²) in [5, 5.41) is 5.38. The summed E-state index contributed by atoms with van der Waals surface area (Å²) < 4.78 is 35.5. The van der Waals surface area contributed by atoms with E-state index in [1.807, 2.05) is 42.5 Å². The van der Waals surface area contributed by atoms with Crippen LogP contribution in [0.3, 0.4) is 0 Å². The van der Waals surface area contributed by atoms with Crippen LogP contribution in [0.4, 0.5) is 13.6 Å². The summed E-state index contributed by atoms with van der Waals surface area (Å²) in [7, 11) is 1.64. The van der Waals surface area contributed by atoms with E-state index in [1.165, 1.54) is 17.1 Å². The number of imidazole rings is 1. The fourth-order valence-corrected chi connectivity index (χ4v) is 5.07. The number of benzene rings is 3. The van der Waals surface area contributed by atoms with Crippen molar-refractivity contribution < 1.29 is 18.3 Å². The molecule has 0 bridgehead atoms. The van der Waals surface area contributed by atoms with Crippen molar-refractivity contribution in [2.24, 2.45) is 11.0 Å². The van der Waals surface area contributed by atoms with Crippen molar-refractivity contribution in [3.05, 3.63) is 83.4 Å². The number of amides is 1. The molecular formula is C28H26F2N4O2S. The highest BCUT2D eigenvalue weighted by atomic mass is 32.2. The Bertz CT molecular complexity index is 1520. The highest BCUT2D eigenvalue weighted by Gasteiger charge is 2.25. The van der Waals surface area contributed by atoms with E-state index in [2.05, 4.69) is 23.5 Å². The average molecular weight is 521 g/mol. The number of nitrogens with zero attached hydrogens (tertiary/aromatic N) is 4. The van der Waals surface area contributed by atoms with E-state index in [9.17, 15) is 13.6 Å². The summed E-state index contributed by atoms with van der Waals surface area (Å²) in [6, 6.07) is 17.7. The largest absolute Gasteiger partial charge is 0.497 e. The Labute approximate surface area is 217 Å². The quantitative estimate of drug-likeness (QED) is 0.271. The maximum absolute atomic E-state index is 14.2. The minimum atomic E-state index is -0.968. The zero-order valence-corrected chi connectivity index (χ0v) is 21.6. The van der Waals surface area contributed by atoms with Crippen molar-refractivity contribution >= 4 is 33.7 Å². The lowest BCUT2D eigenvalue weighted by atomic mass is 10.1. The smallest absolute Gasteiger partial charge is 0.302 e. The van der Waals surface area contributed by atoms with Crippen molar-refractivity contribution in [2.45, 2.75) is 26.9 Å². The molecule has 3 aromatic carbocycles. The highest BCUT2D eigenvalue weighted by Crippen LogP contribution is 2.30. The van der Waals surface area contributed by atoms with Gasteiger partial charge < -0.3 is 9.30 Å². The first kappa shape index (κ1) is 25.0. The van der Waals surface area contributed by atoms with Crippen LogP contribution in [0.2, 0.25) is 0 Å². The van der Waals surface area contributed by atoms with Gasteiger partial charge in [-0.25, -0.2) is 18.8 Å². The van der Waals surface area contributed by atoms with Crippen molar-refractivity contribution in [3.8, 4) is 17.1 Å². The molecule has 1 amide bonds. The fraction of sp³-hybridized carbons (Fsp3) is 0.250. The van der Waals surface area contributed by atoms with Crippen LogP contribution in [0.5, 0.6) is 5.75 Å². The monoisotopic (exact) mass is 520 g/mol. The molecule has 37 heavy (non-hydrogen) atoms. The van der Waals surface area contributed by atoms with Gasteiger partial charge >= 0.3 is 5.24 Å². The van der Waals surface area contributed by atoms with Gasteiger partial charge in [0.25, 0.3) is 0 Å². The van der Waals surface area contributed by atoms with Gasteiger partial charge in [0.15, 0.2) is 11.6 Å². The highest BCUT2D eigenvalue weighted by molar-refractivity contribution is 8.14. The molecule has 0 fully saturated rings. The SMILES string of the molecule is COc1cccc(-c2nc3cc(C4=NN(Cc5cccc(F)c5F)C(=O)SC4)ccc3n2CC(C)C)c1. The molecule has 0 aliphatic carbocycles. The summed E-state index contributed by atoms with van der Waals surface area (Å²) in [5.74, 6) is 0.468. The molecule has 0 saturated heterocycles. The lowest BCUT2D eigenvalue weighted by molar-refractivity contribution is 0.221. The summed E-state index contributed by atoms with van der Waals surface area (Å²) in [6.07, 6.45) is 0. The number of aromatic nitrogens is 2. The molecule has 0 saturated carbocycles. The number of ether oxygens (including phenoxy) is 1. The van der Waals surface area contributed by atoms with E-state index in [1.54, 1.807) is 7.11 Å². The van der Waals surface area contributed by atoms with Gasteiger partial charge in [-0.05, 0) is 36.2 Å². The number of hydrazone groups is 1. The number of hydrogen-bond donors (Lipinski definition) is 0. The van der Waals surface area contributed by atoms with Crippen LogP contribution >= 0.6 is 11.8 Å². The van der Waals surface area contributed by atoms with E-state index in [-0.39, 0.29) is 17.3 Å². The zero-order chi connectivity index (χ0) is 26.1. The number of carbonyl (C=O) groups is 1. The molecule has 0 N–H and O–H groups in total. The predicted molar refractivity (Wildman–Crippen MR) is 143 cm³/mol. The lowest BCUT2D eigenvalue weighted by Gasteiger charge is -2.23. The van der Waals surface area contributed by atoms with E-state index in [0.717, 1.165) is 58.1 Å². The molecule has 1 aromatic heterocycles. The summed E-state index contributed by atoms with van der Waals surface area (Å²) in [5.41, 5.74) is 4.33. The second kappa shape index (κ2) is 10.3. The van der Waals surface area contributed by atoms with Crippen LogP contribution in [0, 0.1) is 17.6 Å². The third-order valence-electron chi connectivity index (χ3n) is 6.09. The van der Waals surface area contributed by atoms with Crippen LogP contribution in [-0.4, -0.2) is 38.4 Å². The summed E-state index contributed by atoms with van der Waals surface area (Å²) in [4.78, 5) is 17.4. The van der Waals surface area contributed by atoms with Crippen LogP contribution in [-0.2, 0) is 13.1 Å². The van der Waals surface area contributed by atoms with Crippen LogP contribution < -0.4 is 4.74 Å². The second-order valence-electron chi connectivity index (χ2n) is 9.25. The molecule has 0 unspecified atom stereocenters. The van der Waals surface area contributed by atoms with Crippen molar-refractivity contribution in [1.82, 2.24) is 14.6 Å². The number of halogens is 2. The number of thioether (sulfide) groups is 1. The van der Waals surface area contributed by atoms with Crippen LogP contribution in [0.15, 0.2) is 65.8 Å². The van der Waals surface area contributed by atoms with Crippen LogP contribution in [0.25, 0.3) is 22.4 Å². The third-order valence-corrected chi connectivity index (χ3v) is 6.97. The van der Waals surface area contributed by atoms with E-state index in [0.29, 0.717) is 17.4 Å². The molecule has 0 radical (unpaired) electrons. The Balaban J connectivity index is 1.53. The van der Waals surface area contributed by atoms with Gasteiger partial charge in [-0.15, -0.1) is 0 Å². The van der Waals surface area contributed by atoms with Crippen LogP contribution in [0.1, 0.15) is 25.0 Å². The van der Waals surface area contributed by atoms with E-state index in [4.69, 9.17) is 9.72 Å². The Morgan fingerprint density at radius 3 is 2.65 bits per heavy atom. The number of hydrogen-bond acceptors (Lipinski definition) is 5. The molecule has 9 heteroatoms. The lowest BCUT2D eigenvalue weighted by Crippen LogP contribution is -2.30. The van der Waals surface area contributed by atoms with Crippen molar-refractivity contribution in [3.63, 3.8) is 0 Å². The Morgan fingerprint density at radius 1 is 1.05 bits per heavy atom. The van der Waals surface area contributed by atoms with Gasteiger partial charge in [-0.1, -0.05) is 55.9 Å². The van der Waals surface area contributed by atoms with Crippen molar-refractivity contribution in [1.29, 1.82) is 0 Å². The summed E-state index contributed by atoms with van der Waals surface area (Å²) in [6.45, 7) is 4.97. The first-order valence-corrected chi connectivity index (χ1v) is 12.9. The molecule has 1 aliphatic heterocycles. The number of methoxy groups -OCH3 is 1. The fourth-order valence-electron chi connectivity index (χ4n) is 4.33. The Kier molecular flexibility index (Phi) is 6.97. The van der Waals surface area contributed by atoms with E-state index >= 15 is 0 Å². The molecule has 6 nitrogen and oxygen atoms in total. The predicted octanol–water partition coefficient (Wildman–Crippen LogP) is 6.72. The Morgan fingerprint density at radius 2 is 1.86 bits per heavy atom. The molecule has 1 aliphatic rings. The maximum Gasteiger partial charge on any atom is 0.302 e. The molecule has 0 spiro atoms. The van der Waals surface area contributed by atoms with Gasteiger partial charge in [0, 0.05) is 29.0 Å². The maximum atomic E-state index is 14.2. The minimum Gasteiger partial charge on any atom is -0.497 e. The molecule has 0 atom stereocenters. The second-order valence-corrected chi connectivity index (χ2v) is 10.2. The number of fused-ring (bicyclic) bond motifs is 1. The van der Waals surface area contributed by atoms with Crippen molar-refractivity contribution in [2.75, 3.05) is 12.9 Å². The number of carbonyl (C=O) groups excluding carboxylic acids is 1. The molecular weight excluding hydrogens is 494 g/mol. The first-order chi connectivity index (χ1) is 17.8. The van der Waals surface area contributed by atoms with E-state index < -0.39 is 11.6 Å². The molecule has 190 valence electrons. The molecule has 5 rings (SSSR count). The van der Waals surface area contributed by atoms with Gasteiger partial charge in [0.1, 0.15) is 11.6 Å². The normalized spacial score (nSPS) is 13.9. The topological polar surface area (TPSA) is 59.7 Å². The average Bonchev–Trinajstić information content (AvgIpc) is 3.25. The summed E-state index contributed by atoms with van der Waals surface area (Å²) >= 11 is 1.08.